The highest BCUT2D eigenvalue weighted by Crippen LogP contribution is 2.26. The van der Waals surface area contributed by atoms with E-state index in [1.165, 1.54) is 72.7 Å². The first-order valence-electron chi connectivity index (χ1n) is 13.2. The van der Waals surface area contributed by atoms with Gasteiger partial charge in [-0.2, -0.15) is 0 Å². The zero-order valence-corrected chi connectivity index (χ0v) is 24.3. The number of nitrogens with one attached hydrogen (secondary N) is 1. The molecule has 0 bridgehead atoms. The summed E-state index contributed by atoms with van der Waals surface area (Å²) in [6.45, 7) is 5.28. The van der Waals surface area contributed by atoms with Crippen LogP contribution in [0.5, 0.6) is 5.75 Å². The summed E-state index contributed by atoms with van der Waals surface area (Å²) in [5, 5.41) is 2.84. The zero-order chi connectivity index (χ0) is 30.2. The molecule has 3 aromatic carbocycles. The molecule has 220 valence electrons. The third-order valence-corrected chi connectivity index (χ3v) is 8.17. The molecule has 41 heavy (non-hydrogen) atoms. The third-order valence-electron chi connectivity index (χ3n) is 6.38. The van der Waals surface area contributed by atoms with Crippen LogP contribution in [-0.2, 0) is 26.2 Å². The zero-order valence-electron chi connectivity index (χ0n) is 23.5. The topological polar surface area (TPSA) is 96.0 Å². The van der Waals surface area contributed by atoms with Crippen molar-refractivity contribution < 1.29 is 31.5 Å². The quantitative estimate of drug-likeness (QED) is 0.312. The molecule has 3 rings (SSSR count). The highest BCUT2D eigenvalue weighted by molar-refractivity contribution is 7.92. The largest absolute Gasteiger partial charge is 0.497 e. The maximum atomic E-state index is 14.0. The van der Waals surface area contributed by atoms with E-state index in [-0.39, 0.29) is 35.4 Å². The first-order chi connectivity index (χ1) is 19.5. The van der Waals surface area contributed by atoms with Gasteiger partial charge in [-0.25, -0.2) is 17.2 Å². The van der Waals surface area contributed by atoms with Crippen molar-refractivity contribution in [2.24, 2.45) is 5.92 Å². The van der Waals surface area contributed by atoms with Crippen LogP contribution in [0.1, 0.15) is 32.8 Å². The molecule has 11 heteroatoms. The Morgan fingerprint density at radius 2 is 1.46 bits per heavy atom. The molecular weight excluding hydrogens is 552 g/mol. The van der Waals surface area contributed by atoms with Gasteiger partial charge in [0.1, 0.15) is 30.0 Å². The Morgan fingerprint density at radius 1 is 0.902 bits per heavy atom. The number of methoxy groups -OCH3 is 1. The Morgan fingerprint density at radius 3 is 1.98 bits per heavy atom. The van der Waals surface area contributed by atoms with E-state index in [9.17, 15) is 26.8 Å². The molecule has 0 radical (unpaired) electrons. The normalized spacial score (nSPS) is 12.1. The van der Waals surface area contributed by atoms with E-state index in [1.807, 2.05) is 13.8 Å². The Balaban J connectivity index is 2.03. The van der Waals surface area contributed by atoms with E-state index >= 15 is 0 Å². The van der Waals surface area contributed by atoms with E-state index in [0.29, 0.717) is 17.9 Å². The number of hydrogen-bond acceptors (Lipinski definition) is 5. The number of carbonyl (C=O) groups is 2. The van der Waals surface area contributed by atoms with Gasteiger partial charge in [-0.3, -0.25) is 13.9 Å². The van der Waals surface area contributed by atoms with E-state index in [4.69, 9.17) is 4.74 Å². The molecule has 1 N–H and O–H groups in total. The van der Waals surface area contributed by atoms with Crippen molar-refractivity contribution in [1.82, 2.24) is 10.2 Å². The van der Waals surface area contributed by atoms with Gasteiger partial charge in [-0.05, 0) is 78.6 Å². The first-order valence-corrected chi connectivity index (χ1v) is 14.6. The summed E-state index contributed by atoms with van der Waals surface area (Å²) in [7, 11) is -2.87. The highest BCUT2D eigenvalue weighted by atomic mass is 32.2. The Labute approximate surface area is 240 Å². The van der Waals surface area contributed by atoms with Gasteiger partial charge in [0.2, 0.25) is 11.8 Å². The number of halogens is 2. The molecule has 2 amide bonds. The summed E-state index contributed by atoms with van der Waals surface area (Å²) in [4.78, 5) is 28.3. The molecule has 0 unspecified atom stereocenters. The minimum Gasteiger partial charge on any atom is -0.497 e. The van der Waals surface area contributed by atoms with Crippen molar-refractivity contribution in [2.45, 2.75) is 44.7 Å². The summed E-state index contributed by atoms with van der Waals surface area (Å²) in [5.74, 6) is -1.47. The van der Waals surface area contributed by atoms with Crippen molar-refractivity contribution in [2.75, 3.05) is 24.5 Å². The van der Waals surface area contributed by atoms with E-state index in [2.05, 4.69) is 5.32 Å². The van der Waals surface area contributed by atoms with Crippen molar-refractivity contribution in [3.05, 3.63) is 90.0 Å². The molecule has 1 atom stereocenters. The molecule has 0 heterocycles. The minimum atomic E-state index is -4.32. The predicted octanol–water partition coefficient (Wildman–Crippen LogP) is 4.75. The van der Waals surface area contributed by atoms with E-state index in [0.717, 1.165) is 16.4 Å². The molecule has 0 spiro atoms. The molecule has 0 aromatic heterocycles. The molecule has 0 saturated carbocycles. The lowest BCUT2D eigenvalue weighted by Crippen LogP contribution is -2.52. The molecule has 8 nitrogen and oxygen atoms in total. The van der Waals surface area contributed by atoms with Crippen LogP contribution < -0.4 is 14.4 Å². The number of rotatable bonds is 13. The maximum absolute atomic E-state index is 14.0. The second-order valence-corrected chi connectivity index (χ2v) is 11.7. The summed E-state index contributed by atoms with van der Waals surface area (Å²) in [6, 6.07) is 14.9. The minimum absolute atomic E-state index is 0.0629. The van der Waals surface area contributed by atoms with Crippen LogP contribution in [0.15, 0.2) is 77.7 Å². The molecule has 0 aliphatic carbocycles. The van der Waals surface area contributed by atoms with E-state index in [1.54, 1.807) is 6.92 Å². The van der Waals surface area contributed by atoms with Gasteiger partial charge in [0.05, 0.1) is 17.7 Å². The first kappa shape index (κ1) is 31.5. The molecule has 3 aromatic rings. The van der Waals surface area contributed by atoms with Crippen molar-refractivity contribution in [3.63, 3.8) is 0 Å². The van der Waals surface area contributed by atoms with Crippen molar-refractivity contribution >= 4 is 27.5 Å². The average Bonchev–Trinajstić information content (AvgIpc) is 2.96. The van der Waals surface area contributed by atoms with Gasteiger partial charge < -0.3 is 15.0 Å². The lowest BCUT2D eigenvalue weighted by molar-refractivity contribution is -0.140. The van der Waals surface area contributed by atoms with Crippen LogP contribution in [0.2, 0.25) is 0 Å². The smallest absolute Gasteiger partial charge is 0.264 e. The predicted molar refractivity (Wildman–Crippen MR) is 153 cm³/mol. The second kappa shape index (κ2) is 14.1. The van der Waals surface area contributed by atoms with E-state index < -0.39 is 40.2 Å². The molecule has 0 fully saturated rings. The van der Waals surface area contributed by atoms with Gasteiger partial charge in [0.25, 0.3) is 10.0 Å². The number of benzene rings is 3. The van der Waals surface area contributed by atoms with Gasteiger partial charge in [0.15, 0.2) is 0 Å². The highest BCUT2D eigenvalue weighted by Gasteiger charge is 2.33. The number of nitrogens with zero attached hydrogens (tertiary/aromatic N) is 2. The van der Waals surface area contributed by atoms with Gasteiger partial charge >= 0.3 is 0 Å². The van der Waals surface area contributed by atoms with Crippen LogP contribution in [-0.4, -0.2) is 51.4 Å². The molecule has 0 saturated heterocycles. The van der Waals surface area contributed by atoms with Gasteiger partial charge in [-0.15, -0.1) is 0 Å². The number of carbonyl (C=O) groups excluding carboxylic acids is 2. The maximum Gasteiger partial charge on any atom is 0.264 e. The Hall–Kier alpha value is -3.99. The fourth-order valence-electron chi connectivity index (χ4n) is 4.14. The summed E-state index contributed by atoms with van der Waals surface area (Å²) < 4.78 is 61.0. The molecule has 0 aliphatic rings. The van der Waals surface area contributed by atoms with Crippen LogP contribution in [0, 0.1) is 17.6 Å². The van der Waals surface area contributed by atoms with Crippen molar-refractivity contribution in [1.29, 1.82) is 0 Å². The van der Waals surface area contributed by atoms with Gasteiger partial charge in [0, 0.05) is 13.1 Å². The lowest BCUT2D eigenvalue weighted by Gasteiger charge is -2.33. The van der Waals surface area contributed by atoms with Crippen LogP contribution in [0.4, 0.5) is 14.5 Å². The Kier molecular flexibility index (Phi) is 10.8. The number of anilines is 1. The summed E-state index contributed by atoms with van der Waals surface area (Å²) >= 11 is 0. The number of ether oxygens (including phenoxy) is 1. The van der Waals surface area contributed by atoms with Gasteiger partial charge in [-0.1, -0.05) is 32.9 Å². The second-order valence-electron chi connectivity index (χ2n) is 9.87. The summed E-state index contributed by atoms with van der Waals surface area (Å²) in [5.41, 5.74) is 0.621. The van der Waals surface area contributed by atoms with Crippen LogP contribution in [0.3, 0.4) is 0 Å². The monoisotopic (exact) mass is 587 g/mol. The lowest BCUT2D eigenvalue weighted by atomic mass is 10.1. The molecular formula is C30H35F2N3O5S. The van der Waals surface area contributed by atoms with Crippen LogP contribution >= 0.6 is 0 Å². The SMILES string of the molecule is CC[C@H](C(=O)NCC(C)C)N(Cc1ccc(F)cc1)C(=O)CN(c1ccc(F)cc1)S(=O)(=O)c1ccc(OC)cc1. The summed E-state index contributed by atoms with van der Waals surface area (Å²) in [6.07, 6.45) is 0.249. The molecule has 0 aliphatic heterocycles. The number of sulfonamides is 1. The number of amides is 2. The third kappa shape index (κ3) is 8.26. The Bertz CT molecular complexity index is 1410. The fraction of sp³-hybridized carbons (Fsp3) is 0.333. The van der Waals surface area contributed by atoms with Crippen molar-refractivity contribution in [3.8, 4) is 5.75 Å². The standard InChI is InChI=1S/C30H35F2N3O5S/c1-5-28(30(37)33-18-21(2)3)34(19-22-6-8-23(31)9-7-22)29(36)20-35(25-12-10-24(32)11-13-25)41(38,39)27-16-14-26(40-4)15-17-27/h6-17,21,28H,5,18-20H2,1-4H3,(H,33,37)/t28-/m1/s1. The number of hydrogen-bond donors (Lipinski definition) is 1. The average molecular weight is 588 g/mol. The fourth-order valence-corrected chi connectivity index (χ4v) is 5.55. The van der Waals surface area contributed by atoms with Crippen LogP contribution in [0.25, 0.3) is 0 Å².